The molecule has 1 saturated heterocycles. The van der Waals surface area contributed by atoms with Crippen LogP contribution in [0, 0.1) is 11.8 Å². The van der Waals surface area contributed by atoms with E-state index in [1.54, 1.807) is 19.1 Å². The largest absolute Gasteiger partial charge is 0.462 e. The second-order valence-electron chi connectivity index (χ2n) is 13.8. The van der Waals surface area contributed by atoms with Gasteiger partial charge in [-0.3, -0.25) is 14.4 Å². The molecular weight excluding hydrogens is 686 g/mol. The summed E-state index contributed by atoms with van der Waals surface area (Å²) < 4.78 is 28.3. The summed E-state index contributed by atoms with van der Waals surface area (Å²) in [6, 6.07) is 35.9. The predicted octanol–water partition coefficient (Wildman–Crippen LogP) is 6.51. The molecule has 2 bridgehead atoms. The molecule has 10 heteroatoms. The van der Waals surface area contributed by atoms with E-state index < -0.39 is 40.4 Å². The summed E-state index contributed by atoms with van der Waals surface area (Å²) in [6.07, 6.45) is 0. The number of allylic oxidation sites excluding steroid dienone is 2. The minimum atomic E-state index is -1.63. The van der Waals surface area contributed by atoms with Crippen LogP contribution in [0.2, 0.25) is 0 Å². The van der Waals surface area contributed by atoms with Crippen molar-refractivity contribution < 1.29 is 42.9 Å². The summed E-state index contributed by atoms with van der Waals surface area (Å²) in [5.41, 5.74) is 0.993. The Morgan fingerprint density at radius 1 is 0.630 bits per heavy atom. The molecule has 266 valence electrons. The van der Waals surface area contributed by atoms with Crippen molar-refractivity contribution in [1.82, 2.24) is 0 Å². The van der Waals surface area contributed by atoms with Gasteiger partial charge in [0, 0.05) is 0 Å². The van der Waals surface area contributed by atoms with Crippen LogP contribution in [-0.4, -0.2) is 43.8 Å². The molecule has 4 atom stereocenters. The van der Waals surface area contributed by atoms with E-state index >= 15 is 14.4 Å². The number of carbonyl (C=O) groups excluding carboxylic acids is 4. The molecule has 2 aliphatic carbocycles. The standard InChI is InChI=1S/C44H31NO9/c1-2-50-41(48)25-13-17-30(18-14-25)45-39(46)37-38(40(45)47)44(29-11-7-4-8-12-29)36(27-16-20-32-34(22-27)54-24-52-32)35(26-15-19-31-33(21-26)53-23-51-31)43(37,42(44)49)28-9-5-3-6-10-28/h3-22,37-38H,2,23-24H2,1H3/t37-,38-,43+,44+/m1/s1. The maximum absolute atomic E-state index is 16.2. The third-order valence-corrected chi connectivity index (χ3v) is 11.4. The van der Waals surface area contributed by atoms with Crippen molar-refractivity contribution in [2.75, 3.05) is 25.1 Å². The number of carbonyl (C=O) groups is 4. The highest BCUT2D eigenvalue weighted by Gasteiger charge is 2.82. The van der Waals surface area contributed by atoms with Gasteiger partial charge in [0.25, 0.3) is 0 Å². The molecule has 0 radical (unpaired) electrons. The molecule has 5 aromatic rings. The Morgan fingerprint density at radius 3 is 1.56 bits per heavy atom. The third-order valence-electron chi connectivity index (χ3n) is 11.4. The van der Waals surface area contributed by atoms with Crippen LogP contribution in [0.15, 0.2) is 121 Å². The minimum Gasteiger partial charge on any atom is -0.462 e. The molecule has 1 saturated carbocycles. The highest BCUT2D eigenvalue weighted by atomic mass is 16.7. The van der Waals surface area contributed by atoms with Crippen molar-refractivity contribution in [3.8, 4) is 23.0 Å². The summed E-state index contributed by atoms with van der Waals surface area (Å²) in [4.78, 5) is 60.6. The average molecular weight is 718 g/mol. The van der Waals surface area contributed by atoms with Gasteiger partial charge in [-0.2, -0.15) is 0 Å². The van der Waals surface area contributed by atoms with Crippen molar-refractivity contribution in [3.63, 3.8) is 0 Å². The first kappa shape index (κ1) is 32.0. The second-order valence-corrected chi connectivity index (χ2v) is 13.8. The number of Topliss-reactive ketones (excluding diaryl/α,β-unsaturated/α-hetero) is 1. The fourth-order valence-electron chi connectivity index (χ4n) is 9.44. The van der Waals surface area contributed by atoms with Crippen LogP contribution in [0.25, 0.3) is 11.1 Å². The van der Waals surface area contributed by atoms with Crippen LogP contribution in [0.1, 0.15) is 39.5 Å². The number of fused-ring (bicyclic) bond motifs is 7. The Bertz CT molecular complexity index is 2320. The van der Waals surface area contributed by atoms with Crippen molar-refractivity contribution in [2.45, 2.75) is 17.8 Å². The zero-order valence-corrected chi connectivity index (χ0v) is 28.9. The van der Waals surface area contributed by atoms with Gasteiger partial charge in [0.15, 0.2) is 28.8 Å². The van der Waals surface area contributed by atoms with Crippen LogP contribution < -0.4 is 23.8 Å². The SMILES string of the molecule is CCOC(=O)c1ccc(N2C(=O)[C@H]3[C@H](C2=O)[C@@]2(c4ccccc4)C(=O)[C@@]3(c3ccccc3)C(c3ccc4c(c3)OCO4)=C2c2ccc3c(c2)OCO3)cc1. The van der Waals surface area contributed by atoms with Gasteiger partial charge in [0.05, 0.1) is 40.5 Å². The van der Waals surface area contributed by atoms with E-state index in [0.717, 1.165) is 0 Å². The number of hydrogen-bond acceptors (Lipinski definition) is 9. The fraction of sp³-hybridized carbons (Fsp3) is 0.182. The van der Waals surface area contributed by atoms with Crippen molar-refractivity contribution in [3.05, 3.63) is 149 Å². The molecule has 0 unspecified atom stereocenters. The zero-order valence-electron chi connectivity index (χ0n) is 28.9. The lowest BCUT2D eigenvalue weighted by Gasteiger charge is -2.39. The van der Waals surface area contributed by atoms with E-state index in [1.807, 2.05) is 97.1 Å². The number of ether oxygens (including phenoxy) is 5. The highest BCUT2D eigenvalue weighted by molar-refractivity contribution is 6.39. The van der Waals surface area contributed by atoms with Crippen molar-refractivity contribution in [1.29, 1.82) is 0 Å². The maximum atomic E-state index is 16.2. The number of imide groups is 1. The van der Waals surface area contributed by atoms with E-state index in [1.165, 1.54) is 17.0 Å². The topological polar surface area (TPSA) is 118 Å². The van der Waals surface area contributed by atoms with E-state index in [2.05, 4.69) is 0 Å². The molecule has 10 rings (SSSR count). The summed E-state index contributed by atoms with van der Waals surface area (Å²) in [6.45, 7) is 2.02. The van der Waals surface area contributed by atoms with E-state index in [4.69, 9.17) is 23.7 Å². The predicted molar refractivity (Wildman–Crippen MR) is 195 cm³/mol. The second kappa shape index (κ2) is 11.7. The van der Waals surface area contributed by atoms with Gasteiger partial charge in [0.1, 0.15) is 0 Å². The first-order valence-electron chi connectivity index (χ1n) is 17.8. The Kier molecular flexibility index (Phi) is 6.91. The summed E-state index contributed by atoms with van der Waals surface area (Å²) >= 11 is 0. The smallest absolute Gasteiger partial charge is 0.338 e. The fourth-order valence-corrected chi connectivity index (χ4v) is 9.44. The monoisotopic (exact) mass is 717 g/mol. The van der Waals surface area contributed by atoms with Gasteiger partial charge < -0.3 is 23.7 Å². The summed E-state index contributed by atoms with van der Waals surface area (Å²) in [7, 11) is 0. The lowest BCUT2D eigenvalue weighted by Crippen LogP contribution is -2.45. The normalized spacial score (nSPS) is 24.4. The van der Waals surface area contributed by atoms with Crippen molar-refractivity contribution >= 4 is 40.4 Å². The first-order valence-corrected chi connectivity index (χ1v) is 17.8. The molecule has 2 amide bonds. The Morgan fingerprint density at radius 2 is 1.09 bits per heavy atom. The molecular formula is C44H31NO9. The van der Waals surface area contributed by atoms with E-state index in [9.17, 15) is 4.79 Å². The molecule has 5 aliphatic rings. The molecule has 0 aromatic heterocycles. The Hall–Kier alpha value is -6.68. The molecule has 54 heavy (non-hydrogen) atoms. The molecule has 10 nitrogen and oxygen atoms in total. The third kappa shape index (κ3) is 4.05. The lowest BCUT2D eigenvalue weighted by molar-refractivity contribution is -0.130. The quantitative estimate of drug-likeness (QED) is 0.137. The molecule has 3 aliphatic heterocycles. The lowest BCUT2D eigenvalue weighted by atomic mass is 9.59. The van der Waals surface area contributed by atoms with Gasteiger partial charge in [-0.05, 0) is 88.9 Å². The Labute approximate surface area is 309 Å². The molecule has 5 aromatic carbocycles. The summed E-state index contributed by atoms with van der Waals surface area (Å²) in [5, 5.41) is 0. The number of rotatable bonds is 7. The van der Waals surface area contributed by atoms with Gasteiger partial charge >= 0.3 is 5.97 Å². The highest BCUT2D eigenvalue weighted by Crippen LogP contribution is 2.74. The summed E-state index contributed by atoms with van der Waals surface area (Å²) in [5.74, 6) is -1.93. The number of benzene rings is 5. The van der Waals surface area contributed by atoms with Crippen LogP contribution in [0.5, 0.6) is 23.0 Å². The molecule has 0 spiro atoms. The molecule has 3 heterocycles. The molecule has 2 fully saturated rings. The van der Waals surface area contributed by atoms with Crippen molar-refractivity contribution in [2.24, 2.45) is 11.8 Å². The van der Waals surface area contributed by atoms with E-state index in [-0.39, 0.29) is 31.5 Å². The number of nitrogens with zero attached hydrogens (tertiary/aromatic N) is 1. The zero-order chi connectivity index (χ0) is 36.8. The van der Waals surface area contributed by atoms with Crippen LogP contribution >= 0.6 is 0 Å². The average Bonchev–Trinajstić information content (AvgIpc) is 4.02. The number of esters is 1. The molecule has 0 N–H and O–H groups in total. The maximum Gasteiger partial charge on any atom is 0.338 e. The van der Waals surface area contributed by atoms with Gasteiger partial charge in [-0.1, -0.05) is 72.8 Å². The minimum absolute atomic E-state index is 0.0468. The van der Waals surface area contributed by atoms with E-state index in [0.29, 0.717) is 62.1 Å². The Balaban J connectivity index is 1.30. The number of anilines is 1. The van der Waals surface area contributed by atoms with Crippen LogP contribution in [0.3, 0.4) is 0 Å². The van der Waals surface area contributed by atoms with Gasteiger partial charge in [0.2, 0.25) is 25.4 Å². The van der Waals surface area contributed by atoms with Gasteiger partial charge in [-0.25, -0.2) is 9.69 Å². The van der Waals surface area contributed by atoms with Crippen LogP contribution in [-0.2, 0) is 30.0 Å². The van der Waals surface area contributed by atoms with Crippen LogP contribution in [0.4, 0.5) is 5.69 Å². The first-order chi connectivity index (χ1) is 26.4. The number of ketones is 1. The number of hydrogen-bond donors (Lipinski definition) is 0. The van der Waals surface area contributed by atoms with Gasteiger partial charge in [-0.15, -0.1) is 0 Å². The number of amides is 2.